The molecule has 0 aliphatic carbocycles. The number of amides is 1. The maximum atomic E-state index is 13.2. The van der Waals surface area contributed by atoms with Crippen LogP contribution in [0.3, 0.4) is 0 Å². The third-order valence-corrected chi connectivity index (χ3v) is 5.73. The van der Waals surface area contributed by atoms with Crippen molar-refractivity contribution in [3.63, 3.8) is 0 Å². The summed E-state index contributed by atoms with van der Waals surface area (Å²) in [6.07, 6.45) is -0.923. The molecule has 0 radical (unpaired) electrons. The van der Waals surface area contributed by atoms with Gasteiger partial charge in [-0.3, -0.25) is 4.79 Å². The fraction of sp³-hybridized carbons (Fsp3) is 0.350. The Balaban J connectivity index is 1.72. The summed E-state index contributed by atoms with van der Waals surface area (Å²) in [5, 5.41) is 22.9. The average molecular weight is 385 g/mol. The number of methoxy groups -OCH3 is 2. The van der Waals surface area contributed by atoms with E-state index in [1.807, 2.05) is 0 Å². The van der Waals surface area contributed by atoms with Crippen LogP contribution in [-0.4, -0.2) is 48.6 Å². The van der Waals surface area contributed by atoms with Gasteiger partial charge in [0.05, 0.1) is 19.8 Å². The van der Waals surface area contributed by atoms with Crippen molar-refractivity contribution in [3.8, 4) is 23.0 Å². The summed E-state index contributed by atoms with van der Waals surface area (Å²) in [7, 11) is 2.91. The molecule has 3 aliphatic rings. The van der Waals surface area contributed by atoms with E-state index in [1.54, 1.807) is 24.3 Å². The van der Waals surface area contributed by atoms with Crippen LogP contribution in [0.5, 0.6) is 23.0 Å². The van der Waals surface area contributed by atoms with E-state index in [-0.39, 0.29) is 30.2 Å². The van der Waals surface area contributed by atoms with Crippen molar-refractivity contribution in [2.24, 2.45) is 0 Å². The van der Waals surface area contributed by atoms with Crippen molar-refractivity contribution >= 4 is 5.91 Å². The molecule has 0 saturated heterocycles. The molecule has 2 aromatic rings. The molecule has 0 fully saturated rings. The lowest BCUT2D eigenvalue weighted by atomic mass is 9.89. The molecule has 0 unspecified atom stereocenters. The van der Waals surface area contributed by atoms with Crippen LogP contribution in [0.15, 0.2) is 24.3 Å². The van der Waals surface area contributed by atoms with E-state index < -0.39 is 17.7 Å². The van der Waals surface area contributed by atoms with Crippen molar-refractivity contribution in [2.75, 3.05) is 27.6 Å². The fourth-order valence-corrected chi connectivity index (χ4v) is 4.37. The summed E-state index contributed by atoms with van der Waals surface area (Å²) in [5.41, 5.74) is -0.134. The molecule has 8 nitrogen and oxygen atoms in total. The Morgan fingerprint density at radius 2 is 1.93 bits per heavy atom. The number of nitrogens with zero attached hydrogens (tertiary/aromatic N) is 1. The first-order valence-electron chi connectivity index (χ1n) is 8.91. The van der Waals surface area contributed by atoms with Gasteiger partial charge in [-0.25, -0.2) is 0 Å². The Morgan fingerprint density at radius 3 is 2.64 bits per heavy atom. The van der Waals surface area contributed by atoms with E-state index in [1.165, 1.54) is 19.1 Å². The zero-order valence-electron chi connectivity index (χ0n) is 15.4. The van der Waals surface area contributed by atoms with Gasteiger partial charge in [0.1, 0.15) is 6.10 Å². The SMILES string of the molecule is COc1ccc2c(c1OC)C(=O)N1CCc3cc4c(cc3[C@@H](O)[C@]21O)OCO4. The predicted molar refractivity (Wildman–Crippen MR) is 95.7 cm³/mol. The highest BCUT2D eigenvalue weighted by atomic mass is 16.7. The van der Waals surface area contributed by atoms with Crippen molar-refractivity contribution in [1.82, 2.24) is 4.90 Å². The Labute approximate surface area is 160 Å². The number of aliphatic hydroxyl groups excluding tert-OH is 1. The van der Waals surface area contributed by atoms with Crippen LogP contribution in [-0.2, 0) is 12.1 Å². The second-order valence-corrected chi connectivity index (χ2v) is 6.96. The van der Waals surface area contributed by atoms with E-state index in [2.05, 4.69) is 0 Å². The van der Waals surface area contributed by atoms with Gasteiger partial charge in [0.15, 0.2) is 28.7 Å². The lowest BCUT2D eigenvalue weighted by molar-refractivity contribution is -0.161. The second-order valence-electron chi connectivity index (χ2n) is 6.96. The molecule has 2 N–H and O–H groups in total. The summed E-state index contributed by atoms with van der Waals surface area (Å²) in [6, 6.07) is 6.68. The van der Waals surface area contributed by atoms with Gasteiger partial charge in [0, 0.05) is 12.1 Å². The predicted octanol–water partition coefficient (Wildman–Crippen LogP) is 1.32. The number of benzene rings is 2. The minimum atomic E-state index is -1.93. The first kappa shape index (κ1) is 17.2. The van der Waals surface area contributed by atoms with E-state index in [9.17, 15) is 15.0 Å². The number of hydrogen-bond donors (Lipinski definition) is 2. The molecule has 0 spiro atoms. The molecule has 0 bridgehead atoms. The summed E-state index contributed by atoms with van der Waals surface area (Å²) in [6.45, 7) is 0.336. The third-order valence-electron chi connectivity index (χ3n) is 5.73. The molecule has 3 aliphatic heterocycles. The van der Waals surface area contributed by atoms with Gasteiger partial charge in [-0.15, -0.1) is 0 Å². The van der Waals surface area contributed by atoms with Gasteiger partial charge in [0.2, 0.25) is 6.79 Å². The van der Waals surface area contributed by atoms with Gasteiger partial charge >= 0.3 is 0 Å². The van der Waals surface area contributed by atoms with Crippen LogP contribution in [0.1, 0.15) is 33.2 Å². The topological polar surface area (TPSA) is 97.7 Å². The Bertz CT molecular complexity index is 1000. The van der Waals surface area contributed by atoms with E-state index in [0.717, 1.165) is 5.56 Å². The van der Waals surface area contributed by atoms with Gasteiger partial charge in [0.25, 0.3) is 5.91 Å². The Morgan fingerprint density at radius 1 is 1.18 bits per heavy atom. The summed E-state index contributed by atoms with van der Waals surface area (Å²) in [4.78, 5) is 14.5. The van der Waals surface area contributed by atoms with Gasteiger partial charge in [-0.05, 0) is 41.8 Å². The third kappa shape index (κ3) is 1.99. The van der Waals surface area contributed by atoms with Crippen LogP contribution in [0.2, 0.25) is 0 Å². The number of hydrogen-bond acceptors (Lipinski definition) is 7. The van der Waals surface area contributed by atoms with Crippen molar-refractivity contribution in [3.05, 3.63) is 46.5 Å². The molecule has 28 heavy (non-hydrogen) atoms. The first-order chi connectivity index (χ1) is 13.5. The minimum Gasteiger partial charge on any atom is -0.493 e. The minimum absolute atomic E-state index is 0.114. The molecule has 0 aromatic heterocycles. The monoisotopic (exact) mass is 385 g/mol. The van der Waals surface area contributed by atoms with Crippen LogP contribution >= 0.6 is 0 Å². The normalized spacial score (nSPS) is 24.4. The van der Waals surface area contributed by atoms with Crippen LogP contribution in [0.25, 0.3) is 0 Å². The molecule has 0 saturated carbocycles. The molecular weight excluding hydrogens is 366 g/mol. The lowest BCUT2D eigenvalue weighted by Gasteiger charge is -2.36. The lowest BCUT2D eigenvalue weighted by Crippen LogP contribution is -2.47. The number of aliphatic hydroxyl groups is 2. The largest absolute Gasteiger partial charge is 0.493 e. The molecule has 1 amide bonds. The summed E-state index contributed by atoms with van der Waals surface area (Å²) in [5.74, 6) is 1.31. The second kappa shape index (κ2) is 5.76. The van der Waals surface area contributed by atoms with Gasteiger partial charge < -0.3 is 34.1 Å². The zero-order valence-corrected chi connectivity index (χ0v) is 15.4. The van der Waals surface area contributed by atoms with Gasteiger partial charge in [-0.2, -0.15) is 0 Å². The highest BCUT2D eigenvalue weighted by Crippen LogP contribution is 2.53. The number of carbonyl (C=O) groups is 1. The average Bonchev–Trinajstić information content (AvgIpc) is 3.22. The molecule has 146 valence electrons. The van der Waals surface area contributed by atoms with Crippen molar-refractivity contribution < 1.29 is 34.0 Å². The summed E-state index contributed by atoms with van der Waals surface area (Å²) >= 11 is 0. The van der Waals surface area contributed by atoms with Crippen molar-refractivity contribution in [2.45, 2.75) is 18.2 Å². The van der Waals surface area contributed by atoms with E-state index >= 15 is 0 Å². The maximum Gasteiger partial charge on any atom is 0.260 e. The Kier molecular flexibility index (Phi) is 3.53. The quantitative estimate of drug-likeness (QED) is 0.805. The van der Waals surface area contributed by atoms with Crippen molar-refractivity contribution in [1.29, 1.82) is 0 Å². The van der Waals surface area contributed by atoms with Crippen LogP contribution < -0.4 is 18.9 Å². The van der Waals surface area contributed by atoms with Crippen LogP contribution in [0.4, 0.5) is 0 Å². The summed E-state index contributed by atoms with van der Waals surface area (Å²) < 4.78 is 21.5. The number of ether oxygens (including phenoxy) is 4. The highest BCUT2D eigenvalue weighted by molar-refractivity contribution is 6.03. The molecule has 5 rings (SSSR count). The molecular formula is C20H19NO7. The highest BCUT2D eigenvalue weighted by Gasteiger charge is 2.56. The molecule has 3 heterocycles. The standard InChI is InChI=1S/C20H19NO7/c1-25-13-4-3-12-16(17(13)26-2)19(23)21-6-5-10-7-14-15(28-9-27-14)8-11(10)18(22)20(12,21)24/h3-4,7-8,18,22,24H,5-6,9H2,1-2H3/t18-,20-/m1/s1. The number of rotatable bonds is 2. The Hall–Kier alpha value is -2.97. The van der Waals surface area contributed by atoms with Gasteiger partial charge in [-0.1, -0.05) is 0 Å². The van der Waals surface area contributed by atoms with Crippen LogP contribution in [0, 0.1) is 0 Å². The first-order valence-corrected chi connectivity index (χ1v) is 8.91. The fourth-order valence-electron chi connectivity index (χ4n) is 4.37. The molecule has 8 heteroatoms. The number of fused-ring (bicyclic) bond motifs is 5. The molecule has 2 aromatic carbocycles. The zero-order chi connectivity index (χ0) is 19.6. The molecule has 2 atom stereocenters. The smallest absolute Gasteiger partial charge is 0.260 e. The van der Waals surface area contributed by atoms with E-state index in [4.69, 9.17) is 18.9 Å². The maximum absolute atomic E-state index is 13.2. The number of carbonyl (C=O) groups excluding carboxylic acids is 1. The van der Waals surface area contributed by atoms with E-state index in [0.29, 0.717) is 29.2 Å².